The minimum absolute atomic E-state index is 0.0484. The van der Waals surface area contributed by atoms with Crippen LogP contribution in [0, 0.1) is 25.2 Å². The van der Waals surface area contributed by atoms with E-state index in [9.17, 15) is 13.6 Å². The number of nitrogens with one attached hydrogen (secondary N) is 1. The Morgan fingerprint density at radius 1 is 1.24 bits per heavy atom. The van der Waals surface area contributed by atoms with Gasteiger partial charge in [0, 0.05) is 30.4 Å². The minimum Gasteiger partial charge on any atom is -0.477 e. The summed E-state index contributed by atoms with van der Waals surface area (Å²) in [6.45, 7) is 4.90. The molecule has 1 fully saturated rings. The SMILES string of the molecule is Cc1cc(C#N)cc(C)c1Oc1nc(NC2CCN(c3cccc(C(F)(F)C(=O)O)c3)CC2)ncc1Br. The van der Waals surface area contributed by atoms with Crippen LogP contribution >= 0.6 is 15.9 Å². The van der Waals surface area contributed by atoms with Crippen LogP contribution in [0.15, 0.2) is 47.1 Å². The first-order valence-corrected chi connectivity index (χ1v) is 12.3. The van der Waals surface area contributed by atoms with E-state index in [1.165, 1.54) is 12.1 Å². The Morgan fingerprint density at radius 3 is 2.54 bits per heavy atom. The van der Waals surface area contributed by atoms with Crippen molar-refractivity contribution in [3.63, 3.8) is 0 Å². The maximum atomic E-state index is 13.9. The van der Waals surface area contributed by atoms with Gasteiger partial charge in [0.2, 0.25) is 11.8 Å². The lowest BCUT2D eigenvalue weighted by molar-refractivity contribution is -0.166. The molecule has 0 saturated carbocycles. The van der Waals surface area contributed by atoms with Gasteiger partial charge < -0.3 is 20.1 Å². The minimum atomic E-state index is -3.94. The molecule has 4 rings (SSSR count). The predicted octanol–water partition coefficient (Wildman–Crippen LogP) is 5.78. The van der Waals surface area contributed by atoms with Crippen molar-refractivity contribution >= 4 is 33.5 Å². The number of aryl methyl sites for hydroxylation is 2. The number of carboxylic acids is 1. The Balaban J connectivity index is 1.42. The quantitative estimate of drug-likeness (QED) is 0.367. The van der Waals surface area contributed by atoms with Crippen molar-refractivity contribution in [2.24, 2.45) is 0 Å². The van der Waals surface area contributed by atoms with E-state index in [-0.39, 0.29) is 6.04 Å². The number of piperidine rings is 1. The summed E-state index contributed by atoms with van der Waals surface area (Å²) in [7, 11) is 0. The Hall–Kier alpha value is -3.78. The third-order valence-electron chi connectivity index (χ3n) is 6.17. The standard InChI is InChI=1S/C26H24BrF2N5O3/c1-15-10-17(13-30)11-16(2)22(15)37-23-21(27)14-31-25(33-23)32-19-6-8-34(9-7-19)20-5-3-4-18(12-20)26(28,29)24(35)36/h3-5,10-12,14,19H,6-9H2,1-2H3,(H,35,36)(H,31,32,33). The third kappa shape index (κ3) is 5.80. The van der Waals surface area contributed by atoms with Crippen LogP contribution < -0.4 is 15.0 Å². The number of hydrogen-bond acceptors (Lipinski definition) is 7. The molecular weight excluding hydrogens is 548 g/mol. The first-order chi connectivity index (χ1) is 17.6. The van der Waals surface area contributed by atoms with E-state index < -0.39 is 17.5 Å². The summed E-state index contributed by atoms with van der Waals surface area (Å²) < 4.78 is 34.5. The highest BCUT2D eigenvalue weighted by Crippen LogP contribution is 2.34. The number of anilines is 2. The number of rotatable bonds is 7. The third-order valence-corrected chi connectivity index (χ3v) is 6.71. The van der Waals surface area contributed by atoms with E-state index in [1.807, 2.05) is 18.7 Å². The van der Waals surface area contributed by atoms with Crippen LogP contribution in [0.1, 0.15) is 35.1 Å². The highest BCUT2D eigenvalue weighted by molar-refractivity contribution is 9.10. The zero-order valence-corrected chi connectivity index (χ0v) is 21.7. The summed E-state index contributed by atoms with van der Waals surface area (Å²) in [5.41, 5.74) is 2.20. The summed E-state index contributed by atoms with van der Waals surface area (Å²) in [6.07, 6.45) is 2.99. The molecule has 2 aromatic carbocycles. The fraction of sp³-hybridized carbons (Fsp3) is 0.308. The van der Waals surface area contributed by atoms with Crippen LogP contribution in [0.5, 0.6) is 11.6 Å². The molecule has 2 N–H and O–H groups in total. The van der Waals surface area contributed by atoms with Crippen LogP contribution in [-0.4, -0.2) is 40.2 Å². The van der Waals surface area contributed by atoms with Crippen molar-refractivity contribution in [3.05, 3.63) is 69.3 Å². The molecule has 0 unspecified atom stereocenters. The van der Waals surface area contributed by atoms with Crippen LogP contribution in [0.25, 0.3) is 0 Å². The van der Waals surface area contributed by atoms with Gasteiger partial charge in [0.1, 0.15) is 5.75 Å². The second-order valence-corrected chi connectivity index (χ2v) is 9.69. The highest BCUT2D eigenvalue weighted by atomic mass is 79.9. The van der Waals surface area contributed by atoms with E-state index in [4.69, 9.17) is 15.1 Å². The molecule has 11 heteroatoms. The molecule has 192 valence electrons. The second kappa shape index (κ2) is 10.7. The Bertz CT molecular complexity index is 1350. The summed E-state index contributed by atoms with van der Waals surface area (Å²) in [6, 6.07) is 11.2. The number of nitrogens with zero attached hydrogens (tertiary/aromatic N) is 4. The molecule has 0 radical (unpaired) electrons. The summed E-state index contributed by atoms with van der Waals surface area (Å²) in [5.74, 6) is -4.77. The van der Waals surface area contributed by atoms with E-state index in [2.05, 4.69) is 37.3 Å². The number of alkyl halides is 2. The average molecular weight is 572 g/mol. The van der Waals surface area contributed by atoms with Gasteiger partial charge in [-0.05, 0) is 78.0 Å². The number of hydrogen-bond donors (Lipinski definition) is 2. The van der Waals surface area contributed by atoms with E-state index in [0.29, 0.717) is 59.2 Å². The van der Waals surface area contributed by atoms with Gasteiger partial charge >= 0.3 is 11.9 Å². The molecule has 1 aromatic heterocycles. The van der Waals surface area contributed by atoms with Gasteiger partial charge in [-0.1, -0.05) is 12.1 Å². The lowest BCUT2D eigenvalue weighted by Crippen LogP contribution is -2.39. The Labute approximate surface area is 221 Å². The van der Waals surface area contributed by atoms with Crippen LogP contribution in [0.4, 0.5) is 20.4 Å². The molecular formula is C26H24BrF2N5O3. The first-order valence-electron chi connectivity index (χ1n) is 11.5. The van der Waals surface area contributed by atoms with Gasteiger partial charge in [0.05, 0.1) is 22.3 Å². The molecule has 0 bridgehead atoms. The van der Waals surface area contributed by atoms with Gasteiger partial charge in [-0.15, -0.1) is 0 Å². The molecule has 3 aromatic rings. The van der Waals surface area contributed by atoms with Crippen molar-refractivity contribution in [2.45, 2.75) is 38.7 Å². The van der Waals surface area contributed by atoms with Crippen molar-refractivity contribution < 1.29 is 23.4 Å². The molecule has 37 heavy (non-hydrogen) atoms. The maximum Gasteiger partial charge on any atom is 0.379 e. The van der Waals surface area contributed by atoms with Crippen molar-refractivity contribution in [1.82, 2.24) is 9.97 Å². The topological polar surface area (TPSA) is 111 Å². The monoisotopic (exact) mass is 571 g/mol. The number of halogens is 3. The number of carbonyl (C=O) groups is 1. The largest absolute Gasteiger partial charge is 0.477 e. The zero-order chi connectivity index (χ0) is 26.7. The van der Waals surface area contributed by atoms with Gasteiger partial charge in [-0.2, -0.15) is 19.0 Å². The molecule has 1 aliphatic rings. The molecule has 0 amide bonds. The first kappa shape index (κ1) is 26.3. The van der Waals surface area contributed by atoms with Crippen molar-refractivity contribution in [3.8, 4) is 17.7 Å². The van der Waals surface area contributed by atoms with Gasteiger partial charge in [0.15, 0.2) is 0 Å². The molecule has 0 spiro atoms. The lowest BCUT2D eigenvalue weighted by Gasteiger charge is -2.34. The van der Waals surface area contributed by atoms with E-state index in [0.717, 1.165) is 17.2 Å². The molecule has 1 saturated heterocycles. The summed E-state index contributed by atoms with van der Waals surface area (Å²) >= 11 is 3.43. The van der Waals surface area contributed by atoms with E-state index >= 15 is 0 Å². The Kier molecular flexibility index (Phi) is 7.59. The number of aliphatic carboxylic acids is 1. The van der Waals surface area contributed by atoms with Gasteiger partial charge in [0.25, 0.3) is 0 Å². The van der Waals surface area contributed by atoms with Crippen LogP contribution in [0.3, 0.4) is 0 Å². The smallest absolute Gasteiger partial charge is 0.379 e. The molecule has 0 atom stereocenters. The zero-order valence-electron chi connectivity index (χ0n) is 20.1. The molecule has 0 aliphatic carbocycles. The molecule has 1 aliphatic heterocycles. The number of aromatic nitrogens is 2. The van der Waals surface area contributed by atoms with Crippen molar-refractivity contribution in [2.75, 3.05) is 23.3 Å². The van der Waals surface area contributed by atoms with E-state index in [1.54, 1.807) is 24.4 Å². The summed E-state index contributed by atoms with van der Waals surface area (Å²) in [4.78, 5) is 21.7. The van der Waals surface area contributed by atoms with Gasteiger partial charge in [-0.25, -0.2) is 9.78 Å². The van der Waals surface area contributed by atoms with Crippen LogP contribution in [-0.2, 0) is 10.7 Å². The Morgan fingerprint density at radius 2 is 1.92 bits per heavy atom. The van der Waals surface area contributed by atoms with Gasteiger partial charge in [-0.3, -0.25) is 0 Å². The fourth-order valence-corrected chi connectivity index (χ4v) is 4.52. The van der Waals surface area contributed by atoms with Crippen LogP contribution in [0.2, 0.25) is 0 Å². The maximum absolute atomic E-state index is 13.9. The predicted molar refractivity (Wildman–Crippen MR) is 137 cm³/mol. The number of nitriles is 1. The average Bonchev–Trinajstić information content (AvgIpc) is 2.88. The summed E-state index contributed by atoms with van der Waals surface area (Å²) in [5, 5.41) is 21.3. The highest BCUT2D eigenvalue weighted by Gasteiger charge is 2.41. The number of ether oxygens (including phenoxy) is 1. The number of benzene rings is 2. The molecule has 2 heterocycles. The fourth-order valence-electron chi connectivity index (χ4n) is 4.25. The molecule has 8 nitrogen and oxygen atoms in total. The normalized spacial score (nSPS) is 14.2. The number of carboxylic acid groups (broad SMARTS) is 1. The van der Waals surface area contributed by atoms with Crippen molar-refractivity contribution in [1.29, 1.82) is 5.26 Å². The lowest BCUT2D eigenvalue weighted by atomic mass is 10.0. The second-order valence-electron chi connectivity index (χ2n) is 8.84.